The molecule has 0 bridgehead atoms. The van der Waals surface area contributed by atoms with Gasteiger partial charge in [0.2, 0.25) is 0 Å². The Kier molecular flexibility index (Phi) is 4.22. The van der Waals surface area contributed by atoms with Crippen LogP contribution >= 0.6 is 11.6 Å². The minimum Gasteiger partial charge on any atom is -0.352 e. The maximum atomic E-state index is 11.5. The lowest BCUT2D eigenvalue weighted by molar-refractivity contribution is -0.110. The van der Waals surface area contributed by atoms with Crippen LogP contribution in [0.1, 0.15) is 11.1 Å². The van der Waals surface area contributed by atoms with Crippen molar-refractivity contribution in [1.29, 1.82) is 0 Å². The molecule has 0 fully saturated rings. The van der Waals surface area contributed by atoms with E-state index in [0.29, 0.717) is 5.16 Å². The molecule has 0 radical (unpaired) electrons. The highest BCUT2D eigenvalue weighted by Crippen LogP contribution is 2.37. The molecule has 1 N–H and O–H groups in total. The molecule has 2 nitrogen and oxygen atoms in total. The Bertz CT molecular complexity index is 791. The quantitative estimate of drug-likeness (QED) is 0.722. The number of carbonyl (C=O) groups excluding carboxylic acids is 1. The summed E-state index contributed by atoms with van der Waals surface area (Å²) in [5, 5.41) is 3.48. The number of halogens is 1. The van der Waals surface area contributed by atoms with Gasteiger partial charge >= 0.3 is 0 Å². The number of carbonyl (C=O) groups is 1. The molecular weight excluding hydrogens is 294 g/mol. The van der Waals surface area contributed by atoms with Crippen LogP contribution in [0, 0.1) is 0 Å². The number of rotatable bonds is 0. The fourth-order valence-electron chi connectivity index (χ4n) is 2.39. The fraction of sp³-hybridized carbons (Fsp3) is 0. The molecule has 1 heterocycles. The molecule has 4 rings (SSSR count). The molecule has 0 atom stereocenters. The van der Waals surface area contributed by atoms with Gasteiger partial charge in [-0.1, -0.05) is 60.2 Å². The summed E-state index contributed by atoms with van der Waals surface area (Å²) in [7, 11) is 0. The second kappa shape index (κ2) is 6.46. The van der Waals surface area contributed by atoms with E-state index in [1.165, 1.54) is 5.56 Å². The molecule has 0 amide bonds. The predicted octanol–water partition coefficient (Wildman–Crippen LogP) is 4.35. The van der Waals surface area contributed by atoms with Crippen molar-refractivity contribution in [1.82, 2.24) is 5.32 Å². The Morgan fingerprint density at radius 3 is 2.68 bits per heavy atom. The van der Waals surface area contributed by atoms with Crippen LogP contribution in [0.4, 0.5) is 0 Å². The zero-order valence-corrected chi connectivity index (χ0v) is 12.5. The highest BCUT2D eigenvalue weighted by atomic mass is 35.5. The Morgan fingerprint density at radius 1 is 0.909 bits per heavy atom. The molecule has 3 aliphatic rings. The zero-order chi connectivity index (χ0) is 15.4. The summed E-state index contributed by atoms with van der Waals surface area (Å²) < 4.78 is 0. The summed E-state index contributed by atoms with van der Waals surface area (Å²) >= 11 is 5.57. The molecule has 1 aromatic carbocycles. The second-order valence-electron chi connectivity index (χ2n) is 4.85. The second-order valence-corrected chi connectivity index (χ2v) is 5.26. The summed E-state index contributed by atoms with van der Waals surface area (Å²) in [5.41, 5.74) is 4.20. The van der Waals surface area contributed by atoms with Crippen molar-refractivity contribution in [3.05, 3.63) is 94.9 Å². The van der Waals surface area contributed by atoms with Crippen LogP contribution in [0.2, 0.25) is 0 Å². The number of benzene rings is 1. The van der Waals surface area contributed by atoms with Crippen LogP contribution in [0.3, 0.4) is 0 Å². The average Bonchev–Trinajstić information content (AvgIpc) is 2.75. The van der Waals surface area contributed by atoms with Gasteiger partial charge in [0, 0.05) is 11.8 Å². The summed E-state index contributed by atoms with van der Waals surface area (Å²) in [4.78, 5) is 11.5. The van der Waals surface area contributed by atoms with E-state index in [9.17, 15) is 4.79 Å². The van der Waals surface area contributed by atoms with Crippen LogP contribution in [0.25, 0.3) is 11.6 Å². The van der Waals surface area contributed by atoms with Crippen molar-refractivity contribution < 1.29 is 4.79 Å². The van der Waals surface area contributed by atoms with Crippen molar-refractivity contribution in [2.45, 2.75) is 0 Å². The van der Waals surface area contributed by atoms with E-state index in [4.69, 9.17) is 11.6 Å². The van der Waals surface area contributed by atoms with E-state index in [-0.39, 0.29) is 5.78 Å². The molecule has 0 saturated carbocycles. The summed E-state index contributed by atoms with van der Waals surface area (Å²) in [5.74, 6) is 0.110. The molecular formula is C19H14ClNO. The van der Waals surface area contributed by atoms with Gasteiger partial charge in [-0.25, -0.2) is 0 Å². The lowest BCUT2D eigenvalue weighted by Crippen LogP contribution is -2.00. The van der Waals surface area contributed by atoms with E-state index in [1.54, 1.807) is 18.4 Å². The number of hydrogen-bond acceptors (Lipinski definition) is 2. The number of fused-ring (bicyclic) bond motifs is 3. The first-order valence-electron chi connectivity index (χ1n) is 6.95. The molecule has 3 heteroatoms. The van der Waals surface area contributed by atoms with Gasteiger partial charge in [-0.3, -0.25) is 4.79 Å². The number of hydrogen-bond donors (Lipinski definition) is 1. The first-order chi connectivity index (χ1) is 10.8. The monoisotopic (exact) mass is 307 g/mol. The third-order valence-corrected chi connectivity index (χ3v) is 3.63. The van der Waals surface area contributed by atoms with E-state index in [0.717, 1.165) is 16.7 Å². The predicted molar refractivity (Wildman–Crippen MR) is 91.9 cm³/mol. The number of nitrogens with one attached hydrogen (secondary N) is 1. The van der Waals surface area contributed by atoms with Gasteiger partial charge in [0.1, 0.15) is 5.16 Å². The normalized spacial score (nSPS) is 17.1. The van der Waals surface area contributed by atoms with E-state index in [2.05, 4.69) is 11.4 Å². The van der Waals surface area contributed by atoms with Crippen LogP contribution < -0.4 is 5.32 Å². The molecule has 0 unspecified atom stereocenters. The summed E-state index contributed by atoms with van der Waals surface area (Å²) in [6.45, 7) is 0. The molecule has 0 aromatic heterocycles. The van der Waals surface area contributed by atoms with Crippen LogP contribution in [-0.2, 0) is 4.79 Å². The lowest BCUT2D eigenvalue weighted by atomic mass is 9.96. The van der Waals surface area contributed by atoms with E-state index >= 15 is 0 Å². The molecule has 0 spiro atoms. The van der Waals surface area contributed by atoms with Crippen LogP contribution in [0.15, 0.2) is 83.7 Å². The first kappa shape index (κ1) is 14.4. The number of allylic oxidation sites excluding steroid dienone is 9. The van der Waals surface area contributed by atoms with Crippen molar-refractivity contribution in [3.8, 4) is 0 Å². The highest BCUT2D eigenvalue weighted by Gasteiger charge is 2.23. The van der Waals surface area contributed by atoms with Crippen molar-refractivity contribution in [3.63, 3.8) is 0 Å². The van der Waals surface area contributed by atoms with Gasteiger partial charge in [-0.2, -0.15) is 0 Å². The topological polar surface area (TPSA) is 29.1 Å². The Hall–Kier alpha value is -2.58. The Balaban J connectivity index is 0.000000154. The van der Waals surface area contributed by atoms with Gasteiger partial charge in [-0.05, 0) is 41.0 Å². The smallest absolute Gasteiger partial charge is 0.186 e. The first-order valence-corrected chi connectivity index (χ1v) is 7.33. The Labute approximate surface area is 134 Å². The summed E-state index contributed by atoms with van der Waals surface area (Å²) in [6.07, 6.45) is 16.6. The van der Waals surface area contributed by atoms with E-state index in [1.807, 2.05) is 54.7 Å². The fourth-order valence-corrected chi connectivity index (χ4v) is 2.52. The maximum Gasteiger partial charge on any atom is 0.186 e. The molecule has 108 valence electrons. The zero-order valence-electron chi connectivity index (χ0n) is 11.8. The van der Waals surface area contributed by atoms with Gasteiger partial charge < -0.3 is 5.32 Å². The largest absolute Gasteiger partial charge is 0.352 e. The maximum absolute atomic E-state index is 11.5. The van der Waals surface area contributed by atoms with Crippen LogP contribution in [0.5, 0.6) is 0 Å². The summed E-state index contributed by atoms with van der Waals surface area (Å²) in [6, 6.07) is 8.08. The minimum absolute atomic E-state index is 0.110. The lowest BCUT2D eigenvalue weighted by Gasteiger charge is -2.06. The van der Waals surface area contributed by atoms with Gasteiger partial charge in [0.15, 0.2) is 5.78 Å². The minimum atomic E-state index is 0.110. The molecule has 1 aliphatic heterocycles. The molecule has 2 aliphatic carbocycles. The van der Waals surface area contributed by atoms with Crippen molar-refractivity contribution in [2.24, 2.45) is 0 Å². The third kappa shape index (κ3) is 3.02. The van der Waals surface area contributed by atoms with Gasteiger partial charge in [0.05, 0.1) is 0 Å². The SMILES string of the molecule is ClC1=CC=CC=CN1.O=C1C=CC=C2C1=Cc1ccccc12. The highest BCUT2D eigenvalue weighted by molar-refractivity contribution is 6.29. The molecule has 22 heavy (non-hydrogen) atoms. The molecule has 1 aromatic rings. The van der Waals surface area contributed by atoms with Crippen LogP contribution in [-0.4, -0.2) is 5.78 Å². The van der Waals surface area contributed by atoms with Crippen molar-refractivity contribution >= 4 is 29.0 Å². The van der Waals surface area contributed by atoms with Gasteiger partial charge in [-0.15, -0.1) is 0 Å². The Morgan fingerprint density at radius 2 is 1.77 bits per heavy atom. The standard InChI is InChI=1S/C13H8O.C6H6ClN/c14-13-7-3-6-11-10-5-2-1-4-9(10)8-12(11)13;7-6-4-2-1-3-5-8-6/h1-8H;1-5,8H. The molecule has 0 saturated heterocycles. The third-order valence-electron chi connectivity index (χ3n) is 3.40. The average molecular weight is 308 g/mol. The number of ketones is 1. The van der Waals surface area contributed by atoms with E-state index < -0.39 is 0 Å². The van der Waals surface area contributed by atoms with Gasteiger partial charge in [0.25, 0.3) is 0 Å². The van der Waals surface area contributed by atoms with Crippen molar-refractivity contribution in [2.75, 3.05) is 0 Å².